The minimum Gasteiger partial charge on any atom is -0.381 e. The van der Waals surface area contributed by atoms with Gasteiger partial charge in [0, 0.05) is 33.2 Å². The van der Waals surface area contributed by atoms with Crippen molar-refractivity contribution in [2.45, 2.75) is 58.2 Å². The molecule has 0 bridgehead atoms. The summed E-state index contributed by atoms with van der Waals surface area (Å²) < 4.78 is 5.58. The number of fused-ring (bicyclic) bond motifs is 1. The number of hydrazine groups is 1. The van der Waals surface area contributed by atoms with Gasteiger partial charge in [-0.25, -0.2) is 10.4 Å². The number of unbranched alkanes of at least 4 members (excludes halogenated alkanes) is 1. The van der Waals surface area contributed by atoms with Crippen LogP contribution in [0.1, 0.15) is 46.0 Å². The van der Waals surface area contributed by atoms with Gasteiger partial charge in [-0.2, -0.15) is 0 Å². The molecule has 2 atom stereocenters. The van der Waals surface area contributed by atoms with Crippen LogP contribution in [0.5, 0.6) is 0 Å². The molecule has 26 heavy (non-hydrogen) atoms. The fourth-order valence-electron chi connectivity index (χ4n) is 3.48. The number of nitrogens with zero attached hydrogens (tertiary/aromatic N) is 3. The van der Waals surface area contributed by atoms with Crippen LogP contribution in [-0.4, -0.2) is 84.5 Å². The molecule has 0 saturated carbocycles. The van der Waals surface area contributed by atoms with Crippen LogP contribution in [0, 0.1) is 0 Å². The highest BCUT2D eigenvalue weighted by atomic mass is 16.5. The molecule has 0 unspecified atom stereocenters. The SMILES string of the molecule is CCCCOCCCN1C[C@@H]2NN(C)CC(=O)N2[C@@H](CCC(C)=O)C1=O. The number of rotatable bonds is 10. The van der Waals surface area contributed by atoms with E-state index < -0.39 is 6.04 Å². The van der Waals surface area contributed by atoms with Crippen molar-refractivity contribution in [2.24, 2.45) is 0 Å². The summed E-state index contributed by atoms with van der Waals surface area (Å²) in [6.45, 7) is 6.31. The molecule has 8 nitrogen and oxygen atoms in total. The Morgan fingerprint density at radius 2 is 2.00 bits per heavy atom. The molecular formula is C18H32N4O4. The van der Waals surface area contributed by atoms with Crippen LogP contribution in [0.25, 0.3) is 0 Å². The van der Waals surface area contributed by atoms with Crippen LogP contribution >= 0.6 is 0 Å². The van der Waals surface area contributed by atoms with Crippen molar-refractivity contribution in [3.05, 3.63) is 0 Å². The van der Waals surface area contributed by atoms with Crippen molar-refractivity contribution < 1.29 is 19.1 Å². The van der Waals surface area contributed by atoms with Crippen LogP contribution in [0.4, 0.5) is 0 Å². The summed E-state index contributed by atoms with van der Waals surface area (Å²) in [7, 11) is 1.82. The first kappa shape index (κ1) is 20.8. The summed E-state index contributed by atoms with van der Waals surface area (Å²) >= 11 is 0. The maximum atomic E-state index is 12.9. The van der Waals surface area contributed by atoms with E-state index in [1.807, 2.05) is 7.05 Å². The average molecular weight is 368 g/mol. The standard InChI is InChI=1S/C18H32N4O4/c1-4-5-10-26-11-6-9-21-12-16-19-20(3)13-17(24)22(16)15(18(21)25)8-7-14(2)23/h15-16,19H,4-13H2,1-3H3/t15-,16+/m0/s1. The molecule has 1 N–H and O–H groups in total. The maximum Gasteiger partial charge on any atom is 0.245 e. The third kappa shape index (κ3) is 5.49. The van der Waals surface area contributed by atoms with Gasteiger partial charge in [0.25, 0.3) is 0 Å². The predicted molar refractivity (Wildman–Crippen MR) is 97.0 cm³/mol. The number of carbonyl (C=O) groups excluding carboxylic acids is 3. The zero-order valence-electron chi connectivity index (χ0n) is 16.2. The first-order chi connectivity index (χ1) is 12.4. The van der Waals surface area contributed by atoms with Gasteiger partial charge in [0.2, 0.25) is 11.8 Å². The molecule has 0 radical (unpaired) electrons. The Morgan fingerprint density at radius 1 is 1.27 bits per heavy atom. The minimum absolute atomic E-state index is 0.0327. The fourth-order valence-corrected chi connectivity index (χ4v) is 3.48. The molecule has 0 aromatic rings. The first-order valence-electron chi connectivity index (χ1n) is 9.58. The average Bonchev–Trinajstić information content (AvgIpc) is 2.57. The highest BCUT2D eigenvalue weighted by molar-refractivity contribution is 5.90. The summed E-state index contributed by atoms with van der Waals surface area (Å²) in [6, 6.07) is -0.563. The van der Waals surface area contributed by atoms with Gasteiger partial charge in [-0.3, -0.25) is 9.59 Å². The van der Waals surface area contributed by atoms with E-state index in [0.717, 1.165) is 25.9 Å². The fraction of sp³-hybridized carbons (Fsp3) is 0.833. The number of hydrogen-bond donors (Lipinski definition) is 1. The van der Waals surface area contributed by atoms with E-state index in [0.29, 0.717) is 32.5 Å². The molecule has 2 amide bonds. The lowest BCUT2D eigenvalue weighted by atomic mass is 10.0. The molecule has 2 fully saturated rings. The normalized spacial score (nSPS) is 24.1. The Balaban J connectivity index is 1.98. The quantitative estimate of drug-likeness (QED) is 0.562. The topological polar surface area (TPSA) is 82.2 Å². The van der Waals surface area contributed by atoms with E-state index in [4.69, 9.17) is 4.74 Å². The van der Waals surface area contributed by atoms with Crippen LogP contribution < -0.4 is 5.43 Å². The molecular weight excluding hydrogens is 336 g/mol. The highest BCUT2D eigenvalue weighted by Crippen LogP contribution is 2.23. The van der Waals surface area contributed by atoms with Gasteiger partial charge in [0.1, 0.15) is 18.0 Å². The minimum atomic E-state index is -0.563. The lowest BCUT2D eigenvalue weighted by molar-refractivity contribution is -0.167. The Hall–Kier alpha value is -1.51. The van der Waals surface area contributed by atoms with Gasteiger partial charge in [-0.1, -0.05) is 13.3 Å². The number of Topliss-reactive ketones (excluding diaryl/α,β-unsaturated/α-hetero) is 1. The highest BCUT2D eigenvalue weighted by Gasteiger charge is 2.45. The number of likely N-dealkylation sites (N-methyl/N-ethyl adjacent to an activating group) is 1. The van der Waals surface area contributed by atoms with Gasteiger partial charge in [-0.15, -0.1) is 0 Å². The van der Waals surface area contributed by atoms with Crippen LogP contribution in [-0.2, 0) is 19.1 Å². The van der Waals surface area contributed by atoms with Crippen molar-refractivity contribution in [1.29, 1.82) is 0 Å². The van der Waals surface area contributed by atoms with E-state index >= 15 is 0 Å². The van der Waals surface area contributed by atoms with Crippen molar-refractivity contribution >= 4 is 17.6 Å². The van der Waals surface area contributed by atoms with E-state index in [1.165, 1.54) is 6.92 Å². The van der Waals surface area contributed by atoms with Crippen LogP contribution in [0.15, 0.2) is 0 Å². The lowest BCUT2D eigenvalue weighted by Gasteiger charge is -2.50. The predicted octanol–water partition coefficient (Wildman–Crippen LogP) is 0.378. The number of hydrogen-bond acceptors (Lipinski definition) is 6. The number of carbonyl (C=O) groups is 3. The Bertz CT molecular complexity index is 513. The molecule has 2 rings (SSSR count). The van der Waals surface area contributed by atoms with E-state index in [9.17, 15) is 14.4 Å². The van der Waals surface area contributed by atoms with Crippen molar-refractivity contribution in [2.75, 3.05) is 39.9 Å². The molecule has 2 aliphatic rings. The lowest BCUT2D eigenvalue weighted by Crippen LogP contribution is -2.73. The summed E-state index contributed by atoms with van der Waals surface area (Å²) in [5, 5.41) is 1.76. The molecule has 2 saturated heterocycles. The first-order valence-corrected chi connectivity index (χ1v) is 9.58. The van der Waals surface area contributed by atoms with E-state index in [1.54, 1.807) is 14.8 Å². The van der Waals surface area contributed by atoms with Gasteiger partial charge < -0.3 is 19.3 Å². The number of piperazine rings is 1. The maximum absolute atomic E-state index is 12.9. The number of amides is 2. The largest absolute Gasteiger partial charge is 0.381 e. The Morgan fingerprint density at radius 3 is 2.69 bits per heavy atom. The molecule has 2 heterocycles. The third-order valence-corrected chi connectivity index (χ3v) is 4.82. The van der Waals surface area contributed by atoms with Crippen molar-refractivity contribution in [1.82, 2.24) is 20.2 Å². The molecule has 8 heteroatoms. The van der Waals surface area contributed by atoms with Crippen molar-refractivity contribution in [3.63, 3.8) is 0 Å². The summed E-state index contributed by atoms with van der Waals surface area (Å²) in [5.41, 5.74) is 3.26. The van der Waals surface area contributed by atoms with Crippen LogP contribution in [0.2, 0.25) is 0 Å². The second-order valence-electron chi connectivity index (χ2n) is 7.16. The number of ether oxygens (including phenoxy) is 1. The monoisotopic (exact) mass is 368 g/mol. The summed E-state index contributed by atoms with van der Waals surface area (Å²) in [5.74, 6) is -0.0956. The van der Waals surface area contributed by atoms with E-state index in [2.05, 4.69) is 12.3 Å². The van der Waals surface area contributed by atoms with Gasteiger partial charge >= 0.3 is 0 Å². The second-order valence-corrected chi connectivity index (χ2v) is 7.16. The number of nitrogens with one attached hydrogen (secondary N) is 1. The molecule has 0 aromatic heterocycles. The summed E-state index contributed by atoms with van der Waals surface area (Å²) in [6.07, 6.45) is 3.36. The van der Waals surface area contributed by atoms with E-state index in [-0.39, 0.29) is 30.3 Å². The summed E-state index contributed by atoms with van der Waals surface area (Å²) in [4.78, 5) is 40.2. The van der Waals surface area contributed by atoms with Crippen molar-refractivity contribution in [3.8, 4) is 0 Å². The van der Waals surface area contributed by atoms with Gasteiger partial charge in [-0.05, 0) is 26.2 Å². The smallest absolute Gasteiger partial charge is 0.245 e. The zero-order chi connectivity index (χ0) is 19.1. The van der Waals surface area contributed by atoms with Crippen LogP contribution in [0.3, 0.4) is 0 Å². The molecule has 2 aliphatic heterocycles. The Labute approximate surface area is 155 Å². The van der Waals surface area contributed by atoms with Gasteiger partial charge in [0.05, 0.1) is 13.1 Å². The molecule has 0 aromatic carbocycles. The van der Waals surface area contributed by atoms with Gasteiger partial charge in [0.15, 0.2) is 0 Å². The number of ketones is 1. The second kappa shape index (κ2) is 9.99. The molecule has 0 aliphatic carbocycles. The Kier molecular flexibility index (Phi) is 7.99. The molecule has 148 valence electrons. The molecule has 0 spiro atoms. The zero-order valence-corrected chi connectivity index (χ0v) is 16.2. The third-order valence-electron chi connectivity index (χ3n) is 4.82.